The lowest BCUT2D eigenvalue weighted by molar-refractivity contribution is 0.413. The van der Waals surface area contributed by atoms with Crippen molar-refractivity contribution in [3.63, 3.8) is 0 Å². The Bertz CT molecular complexity index is 539. The van der Waals surface area contributed by atoms with E-state index in [4.69, 9.17) is 4.74 Å². The number of aryl methyl sites for hydroxylation is 2. The second-order valence-electron chi connectivity index (χ2n) is 5.43. The summed E-state index contributed by atoms with van der Waals surface area (Å²) in [6.45, 7) is 9.26. The molecule has 19 heavy (non-hydrogen) atoms. The maximum absolute atomic E-state index is 12.5. The lowest BCUT2D eigenvalue weighted by Crippen LogP contribution is -2.43. The van der Waals surface area contributed by atoms with Gasteiger partial charge in [0, 0.05) is 5.54 Å². The SMILES string of the molecule is CCC(C)(C)NS(=O)(=O)c1c(C)cc(OC)cc1C. The lowest BCUT2D eigenvalue weighted by atomic mass is 10.0. The molecule has 0 aromatic heterocycles. The monoisotopic (exact) mass is 285 g/mol. The fourth-order valence-corrected chi connectivity index (χ4v) is 3.88. The quantitative estimate of drug-likeness (QED) is 0.905. The van der Waals surface area contributed by atoms with Crippen molar-refractivity contribution in [3.05, 3.63) is 23.3 Å². The number of ether oxygens (including phenoxy) is 1. The van der Waals surface area contributed by atoms with Crippen molar-refractivity contribution in [3.8, 4) is 5.75 Å². The number of hydrogen-bond acceptors (Lipinski definition) is 3. The molecule has 1 aromatic carbocycles. The van der Waals surface area contributed by atoms with Crippen LogP contribution in [-0.2, 0) is 10.0 Å². The van der Waals surface area contributed by atoms with Gasteiger partial charge in [0.1, 0.15) is 5.75 Å². The first-order valence-electron chi connectivity index (χ1n) is 6.32. The molecule has 0 bridgehead atoms. The summed E-state index contributed by atoms with van der Waals surface area (Å²) in [5.41, 5.74) is 0.921. The number of sulfonamides is 1. The summed E-state index contributed by atoms with van der Waals surface area (Å²) >= 11 is 0. The zero-order valence-corrected chi connectivity index (χ0v) is 13.3. The third-order valence-electron chi connectivity index (χ3n) is 3.23. The van der Waals surface area contributed by atoms with Gasteiger partial charge in [-0.1, -0.05) is 6.92 Å². The van der Waals surface area contributed by atoms with E-state index < -0.39 is 15.6 Å². The summed E-state index contributed by atoms with van der Waals surface area (Å²) in [6.07, 6.45) is 0.723. The fourth-order valence-electron chi connectivity index (χ4n) is 1.94. The number of methoxy groups -OCH3 is 1. The van der Waals surface area contributed by atoms with Crippen LogP contribution in [-0.4, -0.2) is 21.1 Å². The van der Waals surface area contributed by atoms with Crippen molar-refractivity contribution >= 4 is 10.0 Å². The van der Waals surface area contributed by atoms with Gasteiger partial charge in [0.15, 0.2) is 0 Å². The van der Waals surface area contributed by atoms with E-state index in [1.54, 1.807) is 33.1 Å². The van der Waals surface area contributed by atoms with E-state index in [0.717, 1.165) is 6.42 Å². The molecule has 0 atom stereocenters. The van der Waals surface area contributed by atoms with Crippen molar-refractivity contribution < 1.29 is 13.2 Å². The smallest absolute Gasteiger partial charge is 0.241 e. The molecule has 0 radical (unpaired) electrons. The Morgan fingerprint density at radius 2 is 1.68 bits per heavy atom. The van der Waals surface area contributed by atoms with E-state index in [-0.39, 0.29) is 0 Å². The molecule has 108 valence electrons. The molecule has 4 nitrogen and oxygen atoms in total. The molecular weight excluding hydrogens is 262 g/mol. The van der Waals surface area contributed by atoms with Gasteiger partial charge in [-0.2, -0.15) is 0 Å². The van der Waals surface area contributed by atoms with Gasteiger partial charge in [-0.05, 0) is 57.4 Å². The lowest BCUT2D eigenvalue weighted by Gasteiger charge is -2.25. The molecule has 0 aliphatic heterocycles. The third-order valence-corrected chi connectivity index (χ3v) is 5.24. The topological polar surface area (TPSA) is 55.4 Å². The molecule has 0 unspecified atom stereocenters. The molecular formula is C14H23NO3S. The van der Waals surface area contributed by atoms with Crippen LogP contribution in [0.3, 0.4) is 0 Å². The number of benzene rings is 1. The van der Waals surface area contributed by atoms with E-state index in [1.165, 1.54) is 0 Å². The molecule has 1 rings (SSSR count). The van der Waals surface area contributed by atoms with Crippen LogP contribution in [0.4, 0.5) is 0 Å². The Morgan fingerprint density at radius 3 is 2.05 bits per heavy atom. The van der Waals surface area contributed by atoms with Crippen molar-refractivity contribution in [2.24, 2.45) is 0 Å². The minimum Gasteiger partial charge on any atom is -0.497 e. The molecule has 0 heterocycles. The fraction of sp³-hybridized carbons (Fsp3) is 0.571. The highest BCUT2D eigenvalue weighted by Gasteiger charge is 2.27. The van der Waals surface area contributed by atoms with Crippen LogP contribution in [0.25, 0.3) is 0 Å². The van der Waals surface area contributed by atoms with Crippen LogP contribution in [0.2, 0.25) is 0 Å². The van der Waals surface area contributed by atoms with E-state index in [9.17, 15) is 8.42 Å². The van der Waals surface area contributed by atoms with Gasteiger partial charge in [-0.3, -0.25) is 0 Å². The van der Waals surface area contributed by atoms with Gasteiger partial charge in [0.2, 0.25) is 10.0 Å². The molecule has 5 heteroatoms. The highest BCUT2D eigenvalue weighted by atomic mass is 32.2. The van der Waals surface area contributed by atoms with E-state index >= 15 is 0 Å². The molecule has 0 spiro atoms. The predicted molar refractivity (Wildman–Crippen MR) is 77.2 cm³/mol. The number of rotatable bonds is 5. The molecule has 0 saturated heterocycles. The highest BCUT2D eigenvalue weighted by Crippen LogP contribution is 2.26. The van der Waals surface area contributed by atoms with E-state index in [2.05, 4.69) is 4.72 Å². The first kappa shape index (κ1) is 16.0. The Kier molecular flexibility index (Phi) is 4.63. The summed E-state index contributed by atoms with van der Waals surface area (Å²) < 4.78 is 32.9. The van der Waals surface area contributed by atoms with Crippen molar-refractivity contribution in [1.82, 2.24) is 4.72 Å². The van der Waals surface area contributed by atoms with Gasteiger partial charge in [-0.25, -0.2) is 13.1 Å². The van der Waals surface area contributed by atoms with Crippen molar-refractivity contribution in [1.29, 1.82) is 0 Å². The Balaban J connectivity index is 3.30. The summed E-state index contributed by atoms with van der Waals surface area (Å²) in [7, 11) is -1.95. The van der Waals surface area contributed by atoms with Gasteiger partial charge >= 0.3 is 0 Å². The first-order chi connectivity index (χ1) is 8.63. The van der Waals surface area contributed by atoms with Gasteiger partial charge in [0.05, 0.1) is 12.0 Å². The van der Waals surface area contributed by atoms with Crippen molar-refractivity contribution in [2.45, 2.75) is 51.5 Å². The number of nitrogens with one attached hydrogen (secondary N) is 1. The van der Waals surface area contributed by atoms with Crippen LogP contribution in [0.1, 0.15) is 38.3 Å². The van der Waals surface area contributed by atoms with Crippen LogP contribution < -0.4 is 9.46 Å². The van der Waals surface area contributed by atoms with Gasteiger partial charge < -0.3 is 4.74 Å². The zero-order valence-electron chi connectivity index (χ0n) is 12.5. The number of hydrogen-bond donors (Lipinski definition) is 1. The average Bonchev–Trinajstić information content (AvgIpc) is 2.26. The minimum atomic E-state index is -3.52. The molecule has 0 saturated carbocycles. The predicted octanol–water partition coefficient (Wildman–Crippen LogP) is 2.78. The molecule has 0 fully saturated rings. The van der Waals surface area contributed by atoms with Gasteiger partial charge in [0.25, 0.3) is 0 Å². The van der Waals surface area contributed by atoms with Crippen LogP contribution >= 0.6 is 0 Å². The molecule has 0 amide bonds. The first-order valence-corrected chi connectivity index (χ1v) is 7.80. The maximum Gasteiger partial charge on any atom is 0.241 e. The molecule has 0 aliphatic rings. The maximum atomic E-state index is 12.5. The van der Waals surface area contributed by atoms with Crippen LogP contribution in [0.5, 0.6) is 5.75 Å². The Labute approximate surface area is 116 Å². The highest BCUT2D eigenvalue weighted by molar-refractivity contribution is 7.89. The standard InChI is InChI=1S/C14H23NO3S/c1-7-14(4,5)15-19(16,17)13-10(2)8-12(18-6)9-11(13)3/h8-9,15H,7H2,1-6H3. The molecule has 1 aromatic rings. The summed E-state index contributed by atoms with van der Waals surface area (Å²) in [4.78, 5) is 0.342. The summed E-state index contributed by atoms with van der Waals surface area (Å²) in [5.74, 6) is 0.670. The molecule has 1 N–H and O–H groups in total. The largest absolute Gasteiger partial charge is 0.497 e. The second kappa shape index (κ2) is 5.51. The van der Waals surface area contributed by atoms with Crippen LogP contribution in [0.15, 0.2) is 17.0 Å². The summed E-state index contributed by atoms with van der Waals surface area (Å²) in [6, 6.07) is 3.47. The van der Waals surface area contributed by atoms with Crippen molar-refractivity contribution in [2.75, 3.05) is 7.11 Å². The Hall–Kier alpha value is -1.07. The van der Waals surface area contributed by atoms with E-state index in [1.807, 2.05) is 20.8 Å². The third kappa shape index (κ3) is 3.70. The Morgan fingerprint density at radius 1 is 1.21 bits per heavy atom. The second-order valence-corrected chi connectivity index (χ2v) is 7.05. The average molecular weight is 285 g/mol. The summed E-state index contributed by atoms with van der Waals surface area (Å²) in [5, 5.41) is 0. The zero-order chi connectivity index (χ0) is 14.8. The molecule has 0 aliphatic carbocycles. The minimum absolute atomic E-state index is 0.342. The van der Waals surface area contributed by atoms with Crippen LogP contribution in [0, 0.1) is 13.8 Å². The van der Waals surface area contributed by atoms with Gasteiger partial charge in [-0.15, -0.1) is 0 Å². The normalized spacial score (nSPS) is 12.5. The van der Waals surface area contributed by atoms with E-state index in [0.29, 0.717) is 21.8 Å².